The largest absolute Gasteiger partial charge is 0.481 e. The molecule has 0 unspecified atom stereocenters. The molecule has 0 saturated carbocycles. The van der Waals surface area contributed by atoms with Crippen LogP contribution in [0.2, 0.25) is 0 Å². The van der Waals surface area contributed by atoms with E-state index in [-0.39, 0.29) is 0 Å². The first-order chi connectivity index (χ1) is 10.4. The molecule has 106 valence electrons. The van der Waals surface area contributed by atoms with Crippen molar-refractivity contribution < 1.29 is 4.74 Å². The van der Waals surface area contributed by atoms with Gasteiger partial charge < -0.3 is 10.1 Å². The number of nitrogens with zero attached hydrogens (tertiary/aromatic N) is 5. The highest BCUT2D eigenvalue weighted by atomic mass is 16.5. The number of benzene rings is 1. The van der Waals surface area contributed by atoms with E-state index in [0.717, 1.165) is 17.2 Å². The summed E-state index contributed by atoms with van der Waals surface area (Å²) in [5.41, 5.74) is 1.80. The molecule has 0 saturated heterocycles. The third-order valence-electron chi connectivity index (χ3n) is 2.93. The second kappa shape index (κ2) is 6.00. The van der Waals surface area contributed by atoms with E-state index in [1.54, 1.807) is 24.1 Å². The van der Waals surface area contributed by atoms with E-state index in [2.05, 4.69) is 25.8 Å². The van der Waals surface area contributed by atoms with E-state index in [0.29, 0.717) is 12.4 Å². The molecule has 2 heterocycles. The summed E-state index contributed by atoms with van der Waals surface area (Å²) in [7, 11) is 1.59. The van der Waals surface area contributed by atoms with Gasteiger partial charge in [0.05, 0.1) is 31.2 Å². The summed E-state index contributed by atoms with van der Waals surface area (Å²) in [6, 6.07) is 13.4. The summed E-state index contributed by atoms with van der Waals surface area (Å²) in [5, 5.41) is 15.0. The number of para-hydroxylation sites is 1. The van der Waals surface area contributed by atoms with E-state index in [9.17, 15) is 0 Å². The maximum atomic E-state index is 5.02. The Kier molecular flexibility index (Phi) is 3.72. The lowest BCUT2D eigenvalue weighted by atomic mass is 10.3. The number of hydrogen-bond acceptors (Lipinski definition) is 6. The minimum absolute atomic E-state index is 0.496. The number of rotatable bonds is 5. The predicted octanol–water partition coefficient (Wildman–Crippen LogP) is 1.68. The van der Waals surface area contributed by atoms with Crippen LogP contribution in [0.15, 0.2) is 48.7 Å². The molecule has 1 aromatic carbocycles. The molecule has 0 bridgehead atoms. The maximum Gasteiger partial charge on any atom is 0.213 e. The highest BCUT2D eigenvalue weighted by molar-refractivity contribution is 5.42. The zero-order valence-electron chi connectivity index (χ0n) is 11.5. The van der Waals surface area contributed by atoms with Crippen molar-refractivity contribution in [2.75, 3.05) is 12.4 Å². The van der Waals surface area contributed by atoms with Gasteiger partial charge in [-0.15, -0.1) is 5.10 Å². The fraction of sp³-hybridized carbons (Fsp3) is 0.143. The molecule has 7 heteroatoms. The van der Waals surface area contributed by atoms with Gasteiger partial charge >= 0.3 is 0 Å². The number of methoxy groups -OCH3 is 1. The van der Waals surface area contributed by atoms with Crippen LogP contribution in [0.4, 0.5) is 5.69 Å². The van der Waals surface area contributed by atoms with Gasteiger partial charge in [-0.2, -0.15) is 4.68 Å². The SMILES string of the molecule is COc1ccc(NCc2nnnn2-c2ccccc2)cn1. The second-order valence-electron chi connectivity index (χ2n) is 4.29. The lowest BCUT2D eigenvalue weighted by Crippen LogP contribution is -2.08. The fourth-order valence-corrected chi connectivity index (χ4v) is 1.87. The molecule has 7 nitrogen and oxygen atoms in total. The minimum atomic E-state index is 0.496. The number of tetrazole rings is 1. The molecule has 0 aliphatic carbocycles. The van der Waals surface area contributed by atoms with Gasteiger partial charge in [0.1, 0.15) is 0 Å². The molecule has 21 heavy (non-hydrogen) atoms. The number of nitrogens with one attached hydrogen (secondary N) is 1. The molecule has 3 rings (SSSR count). The highest BCUT2D eigenvalue weighted by Gasteiger charge is 2.07. The number of ether oxygens (including phenoxy) is 1. The Balaban J connectivity index is 1.72. The van der Waals surface area contributed by atoms with Crippen molar-refractivity contribution in [2.45, 2.75) is 6.54 Å². The average Bonchev–Trinajstić information content (AvgIpc) is 3.03. The molecule has 0 atom stereocenters. The summed E-state index contributed by atoms with van der Waals surface area (Å²) in [4.78, 5) is 4.13. The van der Waals surface area contributed by atoms with Gasteiger partial charge in [-0.3, -0.25) is 0 Å². The third kappa shape index (κ3) is 2.97. The molecule has 2 aromatic heterocycles. The monoisotopic (exact) mass is 282 g/mol. The Morgan fingerprint density at radius 1 is 1.14 bits per heavy atom. The van der Waals surface area contributed by atoms with Crippen molar-refractivity contribution in [3.8, 4) is 11.6 Å². The number of aromatic nitrogens is 5. The van der Waals surface area contributed by atoms with Crippen LogP contribution >= 0.6 is 0 Å². The molecule has 0 amide bonds. The molecular formula is C14H14N6O. The summed E-state index contributed by atoms with van der Waals surface area (Å²) in [5.74, 6) is 1.30. The summed E-state index contributed by atoms with van der Waals surface area (Å²) >= 11 is 0. The molecule has 0 aliphatic rings. The van der Waals surface area contributed by atoms with Crippen molar-refractivity contribution in [1.82, 2.24) is 25.2 Å². The van der Waals surface area contributed by atoms with Crippen LogP contribution in [0, 0.1) is 0 Å². The van der Waals surface area contributed by atoms with Crippen LogP contribution in [0.5, 0.6) is 5.88 Å². The van der Waals surface area contributed by atoms with E-state index < -0.39 is 0 Å². The molecule has 3 aromatic rings. The Morgan fingerprint density at radius 2 is 2.00 bits per heavy atom. The van der Waals surface area contributed by atoms with E-state index in [4.69, 9.17) is 4.74 Å². The Morgan fingerprint density at radius 3 is 2.71 bits per heavy atom. The van der Waals surface area contributed by atoms with Gasteiger partial charge in [0.2, 0.25) is 5.88 Å². The van der Waals surface area contributed by atoms with Crippen molar-refractivity contribution in [2.24, 2.45) is 0 Å². The van der Waals surface area contributed by atoms with Crippen LogP contribution in [0.25, 0.3) is 5.69 Å². The number of anilines is 1. The van der Waals surface area contributed by atoms with Crippen molar-refractivity contribution in [3.05, 3.63) is 54.5 Å². The molecule has 0 radical (unpaired) electrons. The van der Waals surface area contributed by atoms with E-state index in [1.807, 2.05) is 36.4 Å². The highest BCUT2D eigenvalue weighted by Crippen LogP contribution is 2.13. The van der Waals surface area contributed by atoms with Crippen LogP contribution in [0.3, 0.4) is 0 Å². The zero-order chi connectivity index (χ0) is 14.5. The smallest absolute Gasteiger partial charge is 0.213 e. The van der Waals surface area contributed by atoms with Gasteiger partial charge in [0, 0.05) is 6.07 Å². The van der Waals surface area contributed by atoms with Crippen LogP contribution in [-0.2, 0) is 6.54 Å². The Labute approximate surface area is 121 Å². The maximum absolute atomic E-state index is 5.02. The van der Waals surface area contributed by atoms with Gasteiger partial charge in [-0.05, 0) is 28.6 Å². The summed E-state index contributed by atoms with van der Waals surface area (Å²) in [6.07, 6.45) is 1.70. The number of hydrogen-bond donors (Lipinski definition) is 1. The van der Waals surface area contributed by atoms with E-state index in [1.165, 1.54) is 0 Å². The van der Waals surface area contributed by atoms with Crippen molar-refractivity contribution >= 4 is 5.69 Å². The molecular weight excluding hydrogens is 268 g/mol. The normalized spacial score (nSPS) is 10.3. The van der Waals surface area contributed by atoms with Gasteiger partial charge in [0.25, 0.3) is 0 Å². The van der Waals surface area contributed by atoms with Crippen LogP contribution in [0.1, 0.15) is 5.82 Å². The first-order valence-electron chi connectivity index (χ1n) is 6.43. The lowest BCUT2D eigenvalue weighted by Gasteiger charge is -2.07. The summed E-state index contributed by atoms with van der Waals surface area (Å²) < 4.78 is 6.72. The quantitative estimate of drug-likeness (QED) is 0.767. The van der Waals surface area contributed by atoms with Gasteiger partial charge in [-0.25, -0.2) is 4.98 Å². The van der Waals surface area contributed by atoms with E-state index >= 15 is 0 Å². The first-order valence-corrected chi connectivity index (χ1v) is 6.43. The fourth-order valence-electron chi connectivity index (χ4n) is 1.87. The third-order valence-corrected chi connectivity index (χ3v) is 2.93. The first kappa shape index (κ1) is 13.0. The van der Waals surface area contributed by atoms with Gasteiger partial charge in [0.15, 0.2) is 5.82 Å². The molecule has 1 N–H and O–H groups in total. The van der Waals surface area contributed by atoms with Gasteiger partial charge in [-0.1, -0.05) is 18.2 Å². The second-order valence-corrected chi connectivity index (χ2v) is 4.29. The Bertz CT molecular complexity index is 695. The average molecular weight is 282 g/mol. The minimum Gasteiger partial charge on any atom is -0.481 e. The molecule has 0 spiro atoms. The standard InChI is InChI=1S/C14H14N6O/c1-21-14-8-7-11(9-16-14)15-10-13-17-18-19-20(13)12-5-3-2-4-6-12/h2-9,15H,10H2,1H3. The molecule has 0 fully saturated rings. The topological polar surface area (TPSA) is 77.8 Å². The lowest BCUT2D eigenvalue weighted by molar-refractivity contribution is 0.398. The Hall–Kier alpha value is -2.96. The van der Waals surface area contributed by atoms with Crippen LogP contribution < -0.4 is 10.1 Å². The predicted molar refractivity (Wildman–Crippen MR) is 77.3 cm³/mol. The molecule has 0 aliphatic heterocycles. The summed E-state index contributed by atoms with van der Waals surface area (Å²) in [6.45, 7) is 0.496. The zero-order valence-corrected chi connectivity index (χ0v) is 11.5. The van der Waals surface area contributed by atoms with Crippen LogP contribution in [-0.4, -0.2) is 32.3 Å². The number of pyridine rings is 1. The van der Waals surface area contributed by atoms with Crippen molar-refractivity contribution in [3.63, 3.8) is 0 Å². The van der Waals surface area contributed by atoms with Crippen molar-refractivity contribution in [1.29, 1.82) is 0 Å².